The Hall–Kier alpha value is -1.45. The van der Waals surface area contributed by atoms with Gasteiger partial charge in [0.25, 0.3) is 0 Å². The molecular weight excluding hydrogens is 262 g/mol. The van der Waals surface area contributed by atoms with E-state index in [2.05, 4.69) is 0 Å². The third-order valence-corrected chi connectivity index (χ3v) is 3.95. The maximum Gasteiger partial charge on any atom is 0.306 e. The minimum absolute atomic E-state index is 0.0729. The van der Waals surface area contributed by atoms with Crippen molar-refractivity contribution in [2.75, 3.05) is 6.61 Å². The summed E-state index contributed by atoms with van der Waals surface area (Å²) in [5.41, 5.74) is 0.569. The zero-order valence-electron chi connectivity index (χ0n) is 11.7. The average Bonchev–Trinajstić information content (AvgIpc) is 2.39. The van der Waals surface area contributed by atoms with E-state index in [9.17, 15) is 13.6 Å². The Balaban J connectivity index is 2.01. The van der Waals surface area contributed by atoms with Gasteiger partial charge in [-0.1, -0.05) is 12.5 Å². The lowest BCUT2D eigenvalue weighted by Gasteiger charge is -2.29. The number of hydrogen-bond donors (Lipinski definition) is 0. The van der Waals surface area contributed by atoms with E-state index >= 15 is 0 Å². The molecule has 1 fully saturated rings. The summed E-state index contributed by atoms with van der Waals surface area (Å²) in [4.78, 5) is 11.5. The van der Waals surface area contributed by atoms with E-state index in [1.807, 2.05) is 0 Å². The summed E-state index contributed by atoms with van der Waals surface area (Å²) in [6, 6.07) is 3.76. The number of halogens is 2. The molecule has 0 aromatic heterocycles. The highest BCUT2D eigenvalue weighted by Gasteiger charge is 2.27. The van der Waals surface area contributed by atoms with Crippen LogP contribution in [0.1, 0.15) is 50.5 Å². The van der Waals surface area contributed by atoms with Crippen LogP contribution in [0.5, 0.6) is 0 Å². The van der Waals surface area contributed by atoms with Crippen LogP contribution in [0, 0.1) is 17.6 Å². The van der Waals surface area contributed by atoms with Crippen molar-refractivity contribution in [3.05, 3.63) is 35.4 Å². The molecule has 0 amide bonds. The van der Waals surface area contributed by atoms with Crippen molar-refractivity contribution >= 4 is 5.97 Å². The molecule has 110 valence electrons. The van der Waals surface area contributed by atoms with Crippen molar-refractivity contribution < 1.29 is 18.3 Å². The molecule has 0 heterocycles. The Morgan fingerprint density at radius 2 is 2.15 bits per heavy atom. The van der Waals surface area contributed by atoms with Gasteiger partial charge >= 0.3 is 5.97 Å². The predicted molar refractivity (Wildman–Crippen MR) is 72.3 cm³/mol. The van der Waals surface area contributed by atoms with Gasteiger partial charge in [-0.2, -0.15) is 0 Å². The van der Waals surface area contributed by atoms with Crippen molar-refractivity contribution in [1.29, 1.82) is 0 Å². The van der Waals surface area contributed by atoms with Gasteiger partial charge in [-0.3, -0.25) is 4.79 Å². The molecule has 1 aliphatic rings. The molecule has 1 aliphatic carbocycles. The van der Waals surface area contributed by atoms with Crippen LogP contribution in [0.15, 0.2) is 18.2 Å². The highest BCUT2D eigenvalue weighted by molar-refractivity contribution is 5.69. The number of rotatable bonds is 4. The molecule has 1 aromatic carbocycles. The second-order valence-electron chi connectivity index (χ2n) is 5.40. The molecular formula is C16H20F2O2. The smallest absolute Gasteiger partial charge is 0.306 e. The SMILES string of the molecule is CCOC(=O)CC1CCCC(c2ccc(F)cc2F)C1. The van der Waals surface area contributed by atoms with Crippen molar-refractivity contribution in [2.24, 2.45) is 5.92 Å². The highest BCUT2D eigenvalue weighted by Crippen LogP contribution is 2.38. The number of hydrogen-bond acceptors (Lipinski definition) is 2. The highest BCUT2D eigenvalue weighted by atomic mass is 19.1. The van der Waals surface area contributed by atoms with Crippen molar-refractivity contribution in [1.82, 2.24) is 0 Å². The van der Waals surface area contributed by atoms with Gasteiger partial charge in [-0.15, -0.1) is 0 Å². The third-order valence-electron chi connectivity index (χ3n) is 3.95. The maximum atomic E-state index is 13.8. The van der Waals surface area contributed by atoms with E-state index in [4.69, 9.17) is 4.74 Å². The fourth-order valence-corrected chi connectivity index (χ4v) is 3.05. The minimum Gasteiger partial charge on any atom is -0.466 e. The number of carbonyl (C=O) groups excluding carboxylic acids is 1. The van der Waals surface area contributed by atoms with Gasteiger partial charge in [-0.05, 0) is 49.7 Å². The molecule has 1 saturated carbocycles. The van der Waals surface area contributed by atoms with Crippen LogP contribution in [0.2, 0.25) is 0 Å². The van der Waals surface area contributed by atoms with Crippen molar-refractivity contribution in [3.8, 4) is 0 Å². The van der Waals surface area contributed by atoms with E-state index in [-0.39, 0.29) is 17.8 Å². The lowest BCUT2D eigenvalue weighted by atomic mass is 9.76. The van der Waals surface area contributed by atoms with Gasteiger partial charge in [0.2, 0.25) is 0 Å². The number of carbonyl (C=O) groups is 1. The molecule has 2 nitrogen and oxygen atoms in total. The topological polar surface area (TPSA) is 26.3 Å². The standard InChI is InChI=1S/C16H20F2O2/c1-2-20-16(19)9-11-4-3-5-12(8-11)14-7-6-13(17)10-15(14)18/h6-7,10-12H,2-5,8-9H2,1H3. The van der Waals surface area contributed by atoms with E-state index < -0.39 is 11.6 Å². The van der Waals surface area contributed by atoms with Gasteiger partial charge < -0.3 is 4.74 Å². The van der Waals surface area contributed by atoms with Crippen molar-refractivity contribution in [2.45, 2.75) is 44.9 Å². The lowest BCUT2D eigenvalue weighted by Crippen LogP contribution is -2.19. The molecule has 0 bridgehead atoms. The first-order valence-corrected chi connectivity index (χ1v) is 7.20. The summed E-state index contributed by atoms with van der Waals surface area (Å²) in [5, 5.41) is 0. The Labute approximate surface area is 118 Å². The zero-order valence-corrected chi connectivity index (χ0v) is 11.7. The first kappa shape index (κ1) is 14.9. The molecule has 2 unspecified atom stereocenters. The molecule has 4 heteroatoms. The normalized spacial score (nSPS) is 22.6. The summed E-state index contributed by atoms with van der Waals surface area (Å²) in [5.74, 6) is -0.907. The quantitative estimate of drug-likeness (QED) is 0.774. The largest absolute Gasteiger partial charge is 0.466 e. The van der Waals surface area contributed by atoms with E-state index in [0.29, 0.717) is 18.6 Å². The molecule has 0 N–H and O–H groups in total. The fourth-order valence-electron chi connectivity index (χ4n) is 3.05. The maximum absolute atomic E-state index is 13.8. The van der Waals surface area contributed by atoms with Crippen LogP contribution in [-0.2, 0) is 9.53 Å². The fraction of sp³-hybridized carbons (Fsp3) is 0.562. The van der Waals surface area contributed by atoms with E-state index in [1.54, 1.807) is 6.92 Å². The zero-order chi connectivity index (χ0) is 14.5. The summed E-state index contributed by atoms with van der Waals surface area (Å²) in [6.45, 7) is 2.18. The van der Waals surface area contributed by atoms with E-state index in [0.717, 1.165) is 31.7 Å². The third kappa shape index (κ3) is 3.78. The van der Waals surface area contributed by atoms with Crippen molar-refractivity contribution in [3.63, 3.8) is 0 Å². The second kappa shape index (κ2) is 6.82. The van der Waals surface area contributed by atoms with Crippen LogP contribution < -0.4 is 0 Å². The van der Waals surface area contributed by atoms with Crippen LogP contribution in [0.3, 0.4) is 0 Å². The lowest BCUT2D eigenvalue weighted by molar-refractivity contribution is -0.144. The van der Waals surface area contributed by atoms with Gasteiger partial charge in [0.05, 0.1) is 6.61 Å². The predicted octanol–water partition coefficient (Wildman–Crippen LogP) is 4.19. The molecule has 2 rings (SSSR count). The Kier molecular flexibility index (Phi) is 5.10. The summed E-state index contributed by atoms with van der Waals surface area (Å²) < 4.78 is 31.7. The summed E-state index contributed by atoms with van der Waals surface area (Å²) in [6.07, 6.45) is 3.99. The van der Waals surface area contributed by atoms with Gasteiger partial charge in [0, 0.05) is 12.5 Å². The first-order valence-electron chi connectivity index (χ1n) is 7.20. The second-order valence-corrected chi connectivity index (χ2v) is 5.40. The molecule has 0 radical (unpaired) electrons. The van der Waals surface area contributed by atoms with Gasteiger partial charge in [0.1, 0.15) is 11.6 Å². The molecule has 0 aliphatic heterocycles. The molecule has 2 atom stereocenters. The van der Waals surface area contributed by atoms with Gasteiger partial charge in [0.15, 0.2) is 0 Å². The number of benzene rings is 1. The molecule has 1 aromatic rings. The first-order chi connectivity index (χ1) is 9.60. The monoisotopic (exact) mass is 282 g/mol. The minimum atomic E-state index is -0.551. The van der Waals surface area contributed by atoms with Crippen LogP contribution >= 0.6 is 0 Å². The summed E-state index contributed by atoms with van der Waals surface area (Å²) in [7, 11) is 0. The molecule has 20 heavy (non-hydrogen) atoms. The Morgan fingerprint density at radius 3 is 2.85 bits per heavy atom. The van der Waals surface area contributed by atoms with Crippen LogP contribution in [0.25, 0.3) is 0 Å². The molecule has 0 saturated heterocycles. The Bertz CT molecular complexity index is 474. The average molecular weight is 282 g/mol. The summed E-state index contributed by atoms with van der Waals surface area (Å²) >= 11 is 0. The molecule has 0 spiro atoms. The van der Waals surface area contributed by atoms with Crippen LogP contribution in [0.4, 0.5) is 8.78 Å². The Morgan fingerprint density at radius 1 is 1.35 bits per heavy atom. The van der Waals surface area contributed by atoms with E-state index in [1.165, 1.54) is 12.1 Å². The number of ether oxygens (including phenoxy) is 1. The van der Waals surface area contributed by atoms with Crippen LogP contribution in [-0.4, -0.2) is 12.6 Å². The number of esters is 1. The van der Waals surface area contributed by atoms with Gasteiger partial charge in [-0.25, -0.2) is 8.78 Å².